The second kappa shape index (κ2) is 10.8. The van der Waals surface area contributed by atoms with Crippen LogP contribution in [0.5, 0.6) is 0 Å². The Hall–Kier alpha value is -2.58. The highest BCUT2D eigenvalue weighted by Crippen LogP contribution is 2.31. The zero-order chi connectivity index (χ0) is 20.5. The van der Waals surface area contributed by atoms with E-state index < -0.39 is 0 Å². The van der Waals surface area contributed by atoms with Gasteiger partial charge in [0.05, 0.1) is 4.91 Å². The minimum atomic E-state index is -0.336. The number of thioether (sulfide) groups is 2. The average Bonchev–Trinajstić information content (AvgIpc) is 3.00. The minimum Gasteiger partial charge on any atom is -0.354 e. The summed E-state index contributed by atoms with van der Waals surface area (Å²) in [6, 6.07) is 13.6. The molecule has 2 aromatic rings. The molecule has 8 heteroatoms. The van der Waals surface area contributed by atoms with Gasteiger partial charge in [-0.2, -0.15) is 0 Å². The standard InChI is InChI=1S/C21H21N3O3S2/c25-19(9-5-13-28-17-7-2-1-3-8-17)23-11-12-24-20(26)18(29-21(24)27)14-16-6-4-10-22-15-16/h1-4,6-8,10,14-15H,5,9,11-13H2,(H,23,25)/b18-14-. The summed E-state index contributed by atoms with van der Waals surface area (Å²) in [4.78, 5) is 43.2. The number of carbonyl (C=O) groups excluding carboxylic acids is 3. The number of hydrogen-bond acceptors (Lipinski definition) is 6. The fourth-order valence-electron chi connectivity index (χ4n) is 2.64. The molecule has 0 aliphatic carbocycles. The number of imide groups is 1. The van der Waals surface area contributed by atoms with Crippen LogP contribution in [0.25, 0.3) is 6.08 Å². The molecule has 29 heavy (non-hydrogen) atoms. The largest absolute Gasteiger partial charge is 0.354 e. The van der Waals surface area contributed by atoms with Crippen LogP contribution >= 0.6 is 23.5 Å². The van der Waals surface area contributed by atoms with Gasteiger partial charge in [-0.05, 0) is 53.8 Å². The summed E-state index contributed by atoms with van der Waals surface area (Å²) in [6.45, 7) is 0.419. The molecule has 1 aliphatic heterocycles. The third-order valence-corrected chi connectivity index (χ3v) is 6.08. The zero-order valence-electron chi connectivity index (χ0n) is 15.7. The van der Waals surface area contributed by atoms with Crippen LogP contribution in [-0.2, 0) is 9.59 Å². The molecule has 1 aliphatic rings. The molecule has 0 bridgehead atoms. The molecular formula is C21H21N3O3S2. The molecule has 0 atom stereocenters. The minimum absolute atomic E-state index is 0.0727. The summed E-state index contributed by atoms with van der Waals surface area (Å²) < 4.78 is 0. The lowest BCUT2D eigenvalue weighted by molar-refractivity contribution is -0.124. The highest BCUT2D eigenvalue weighted by molar-refractivity contribution is 8.18. The Morgan fingerprint density at radius 1 is 1.17 bits per heavy atom. The number of nitrogens with one attached hydrogen (secondary N) is 1. The molecule has 1 saturated heterocycles. The third-order valence-electron chi connectivity index (χ3n) is 4.07. The van der Waals surface area contributed by atoms with E-state index in [1.54, 1.807) is 36.3 Å². The molecule has 3 rings (SSSR count). The number of amides is 3. The summed E-state index contributed by atoms with van der Waals surface area (Å²) in [7, 11) is 0. The molecule has 2 heterocycles. The van der Waals surface area contributed by atoms with Gasteiger partial charge in [0.25, 0.3) is 11.1 Å². The molecule has 0 spiro atoms. The Labute approximate surface area is 178 Å². The molecule has 0 radical (unpaired) electrons. The zero-order valence-corrected chi connectivity index (χ0v) is 17.4. The number of nitrogens with zero attached hydrogens (tertiary/aromatic N) is 2. The number of benzene rings is 1. The molecule has 6 nitrogen and oxygen atoms in total. The quantitative estimate of drug-likeness (QED) is 0.372. The van der Waals surface area contributed by atoms with E-state index in [4.69, 9.17) is 0 Å². The SMILES string of the molecule is O=C(CCCSc1ccccc1)NCCN1C(=O)S/C(=C\c2cccnc2)C1=O. The predicted octanol–water partition coefficient (Wildman–Crippen LogP) is 3.81. The monoisotopic (exact) mass is 427 g/mol. The highest BCUT2D eigenvalue weighted by Gasteiger charge is 2.34. The summed E-state index contributed by atoms with van der Waals surface area (Å²) in [6.07, 6.45) is 6.11. The van der Waals surface area contributed by atoms with Gasteiger partial charge in [0, 0.05) is 36.8 Å². The highest BCUT2D eigenvalue weighted by atomic mass is 32.2. The maximum atomic E-state index is 12.4. The van der Waals surface area contributed by atoms with Crippen molar-refractivity contribution in [1.29, 1.82) is 0 Å². The van der Waals surface area contributed by atoms with E-state index in [0.717, 1.165) is 29.5 Å². The second-order valence-electron chi connectivity index (χ2n) is 6.23. The van der Waals surface area contributed by atoms with Crippen molar-refractivity contribution in [2.75, 3.05) is 18.8 Å². The van der Waals surface area contributed by atoms with Gasteiger partial charge in [-0.1, -0.05) is 24.3 Å². The van der Waals surface area contributed by atoms with Crippen LogP contribution in [0, 0.1) is 0 Å². The summed E-state index contributed by atoms with van der Waals surface area (Å²) in [5.74, 6) is 0.452. The Morgan fingerprint density at radius 3 is 2.76 bits per heavy atom. The van der Waals surface area contributed by atoms with Crippen molar-refractivity contribution in [1.82, 2.24) is 15.2 Å². The van der Waals surface area contributed by atoms with E-state index >= 15 is 0 Å². The van der Waals surface area contributed by atoms with E-state index in [2.05, 4.69) is 10.3 Å². The van der Waals surface area contributed by atoms with Crippen molar-refractivity contribution in [2.24, 2.45) is 0 Å². The maximum Gasteiger partial charge on any atom is 0.293 e. The first kappa shape index (κ1) is 21.1. The molecule has 150 valence electrons. The molecule has 1 aromatic carbocycles. The number of hydrogen-bond donors (Lipinski definition) is 1. The summed E-state index contributed by atoms with van der Waals surface area (Å²) in [5, 5.41) is 2.46. The molecule has 3 amide bonds. The molecular weight excluding hydrogens is 406 g/mol. The number of rotatable bonds is 9. The molecule has 1 fully saturated rings. The first-order valence-electron chi connectivity index (χ1n) is 9.23. The normalized spacial score (nSPS) is 15.2. The number of aromatic nitrogens is 1. The lowest BCUT2D eigenvalue weighted by Crippen LogP contribution is -2.37. The number of pyridine rings is 1. The Kier molecular flexibility index (Phi) is 7.89. The molecule has 1 N–H and O–H groups in total. The van der Waals surface area contributed by atoms with Crippen LogP contribution in [0.1, 0.15) is 18.4 Å². The van der Waals surface area contributed by atoms with Crippen LogP contribution in [0.2, 0.25) is 0 Å². The van der Waals surface area contributed by atoms with Crippen molar-refractivity contribution in [3.8, 4) is 0 Å². The summed E-state index contributed by atoms with van der Waals surface area (Å²) >= 11 is 2.62. The summed E-state index contributed by atoms with van der Waals surface area (Å²) in [5.41, 5.74) is 0.764. The first-order chi connectivity index (χ1) is 14.1. The van der Waals surface area contributed by atoms with Gasteiger partial charge < -0.3 is 5.32 Å². The average molecular weight is 428 g/mol. The fourth-order valence-corrected chi connectivity index (χ4v) is 4.38. The van der Waals surface area contributed by atoms with Crippen LogP contribution in [0.3, 0.4) is 0 Å². The van der Waals surface area contributed by atoms with Gasteiger partial charge in [-0.3, -0.25) is 24.3 Å². The third kappa shape index (κ3) is 6.47. The lowest BCUT2D eigenvalue weighted by Gasteiger charge is -2.13. The Balaban J connectivity index is 1.37. The van der Waals surface area contributed by atoms with Crippen LogP contribution in [0.4, 0.5) is 4.79 Å². The van der Waals surface area contributed by atoms with Gasteiger partial charge in [-0.15, -0.1) is 11.8 Å². The second-order valence-corrected chi connectivity index (χ2v) is 8.40. The van der Waals surface area contributed by atoms with E-state index in [9.17, 15) is 14.4 Å². The topological polar surface area (TPSA) is 79.4 Å². The Morgan fingerprint density at radius 2 is 2.00 bits per heavy atom. The smallest absolute Gasteiger partial charge is 0.293 e. The van der Waals surface area contributed by atoms with E-state index in [1.807, 2.05) is 36.4 Å². The Bertz CT molecular complexity index is 889. The van der Waals surface area contributed by atoms with Crippen LogP contribution in [-0.4, -0.2) is 45.8 Å². The first-order valence-corrected chi connectivity index (χ1v) is 11.0. The van der Waals surface area contributed by atoms with Crippen LogP contribution in [0.15, 0.2) is 64.7 Å². The van der Waals surface area contributed by atoms with Crippen molar-refractivity contribution in [2.45, 2.75) is 17.7 Å². The van der Waals surface area contributed by atoms with Crippen molar-refractivity contribution < 1.29 is 14.4 Å². The van der Waals surface area contributed by atoms with Gasteiger partial charge in [0.2, 0.25) is 5.91 Å². The molecule has 0 unspecified atom stereocenters. The van der Waals surface area contributed by atoms with Crippen LogP contribution < -0.4 is 5.32 Å². The van der Waals surface area contributed by atoms with Gasteiger partial charge in [0.1, 0.15) is 0 Å². The van der Waals surface area contributed by atoms with Gasteiger partial charge in [-0.25, -0.2) is 0 Å². The lowest BCUT2D eigenvalue weighted by atomic mass is 10.2. The van der Waals surface area contributed by atoms with E-state index in [1.165, 1.54) is 9.80 Å². The van der Waals surface area contributed by atoms with Crippen molar-refractivity contribution in [3.63, 3.8) is 0 Å². The number of carbonyl (C=O) groups is 3. The van der Waals surface area contributed by atoms with Gasteiger partial charge in [0.15, 0.2) is 0 Å². The fraction of sp³-hybridized carbons (Fsp3) is 0.238. The van der Waals surface area contributed by atoms with Crippen molar-refractivity contribution in [3.05, 3.63) is 65.3 Å². The molecule has 1 aromatic heterocycles. The van der Waals surface area contributed by atoms with E-state index in [0.29, 0.717) is 11.3 Å². The molecule has 0 saturated carbocycles. The maximum absolute atomic E-state index is 12.4. The van der Waals surface area contributed by atoms with E-state index in [-0.39, 0.29) is 30.1 Å². The van der Waals surface area contributed by atoms with Gasteiger partial charge >= 0.3 is 0 Å². The predicted molar refractivity (Wildman–Crippen MR) is 116 cm³/mol. The van der Waals surface area contributed by atoms with Crippen molar-refractivity contribution >= 4 is 46.7 Å².